The van der Waals surface area contributed by atoms with Crippen LogP contribution in [0.2, 0.25) is 0 Å². The molecule has 0 aliphatic carbocycles. The molecule has 1 N–H and O–H groups in total. The smallest absolute Gasteiger partial charge is 0.275 e. The topological polar surface area (TPSA) is 89.8 Å². The molecule has 0 radical (unpaired) electrons. The van der Waals surface area contributed by atoms with Crippen molar-refractivity contribution in [1.29, 1.82) is 0 Å². The number of carbonyl (C=O) groups excluding carboxylic acids is 1. The zero-order valence-electron chi connectivity index (χ0n) is 13.7. The quantitative estimate of drug-likeness (QED) is 0.725. The molecule has 128 valence electrons. The first kappa shape index (κ1) is 17.2. The van der Waals surface area contributed by atoms with E-state index in [1.54, 1.807) is 18.2 Å². The summed E-state index contributed by atoms with van der Waals surface area (Å²) < 4.78 is 2.06. The van der Waals surface area contributed by atoms with Gasteiger partial charge in [-0.25, -0.2) is 14.6 Å². The molecule has 0 saturated heterocycles. The Bertz CT molecular complexity index is 985. The summed E-state index contributed by atoms with van der Waals surface area (Å²) in [4.78, 5) is 32.7. The highest BCUT2D eigenvalue weighted by Crippen LogP contribution is 2.24. The van der Waals surface area contributed by atoms with Crippen molar-refractivity contribution in [2.45, 2.75) is 26.3 Å². The minimum absolute atomic E-state index is 0.101. The Morgan fingerprint density at radius 3 is 2.64 bits per heavy atom. The highest BCUT2D eigenvalue weighted by molar-refractivity contribution is 9.10. The second kappa shape index (κ2) is 7.10. The molecule has 7 nitrogen and oxygen atoms in total. The second-order valence-electron chi connectivity index (χ2n) is 5.81. The number of halogens is 1. The summed E-state index contributed by atoms with van der Waals surface area (Å²) in [5, 5.41) is 8.28. The van der Waals surface area contributed by atoms with Crippen LogP contribution in [0.15, 0.2) is 45.9 Å². The molecule has 1 amide bonds. The molecule has 3 rings (SSSR count). The summed E-state index contributed by atoms with van der Waals surface area (Å²) >= 11 is 3.42. The van der Waals surface area contributed by atoms with E-state index in [9.17, 15) is 9.59 Å². The van der Waals surface area contributed by atoms with Crippen LogP contribution >= 0.6 is 15.9 Å². The van der Waals surface area contributed by atoms with Crippen LogP contribution in [0, 0.1) is 0 Å². The van der Waals surface area contributed by atoms with Crippen molar-refractivity contribution in [2.24, 2.45) is 0 Å². The Morgan fingerprint density at radius 1 is 1.24 bits per heavy atom. The maximum absolute atomic E-state index is 12.7. The van der Waals surface area contributed by atoms with Crippen molar-refractivity contribution >= 4 is 38.6 Å². The first-order chi connectivity index (χ1) is 12.0. The molecule has 0 aliphatic heterocycles. The molecule has 0 saturated carbocycles. The zero-order chi connectivity index (χ0) is 18.0. The molecule has 2 heterocycles. The second-order valence-corrected chi connectivity index (χ2v) is 6.73. The Balaban J connectivity index is 1.99. The molecule has 0 fully saturated rings. The maximum Gasteiger partial charge on any atom is 0.275 e. The number of carbonyl (C=O) groups is 1. The van der Waals surface area contributed by atoms with Crippen molar-refractivity contribution in [1.82, 2.24) is 19.7 Å². The van der Waals surface area contributed by atoms with Crippen LogP contribution in [0.3, 0.4) is 0 Å². The highest BCUT2D eigenvalue weighted by atomic mass is 79.9. The predicted molar refractivity (Wildman–Crippen MR) is 98.5 cm³/mol. The van der Waals surface area contributed by atoms with E-state index in [2.05, 4.69) is 36.3 Å². The largest absolute Gasteiger partial charge is 0.293 e. The summed E-state index contributed by atoms with van der Waals surface area (Å²) in [6.07, 6.45) is 3.05. The van der Waals surface area contributed by atoms with E-state index in [-0.39, 0.29) is 24.0 Å². The first-order valence-electron chi connectivity index (χ1n) is 7.73. The number of nitrogens with one attached hydrogen (secondary N) is 1. The molecule has 0 bridgehead atoms. The molecule has 25 heavy (non-hydrogen) atoms. The van der Waals surface area contributed by atoms with Gasteiger partial charge >= 0.3 is 0 Å². The average Bonchev–Trinajstić information content (AvgIpc) is 2.57. The predicted octanol–water partition coefficient (Wildman–Crippen LogP) is 2.71. The van der Waals surface area contributed by atoms with Gasteiger partial charge in [-0.1, -0.05) is 29.8 Å². The van der Waals surface area contributed by atoms with E-state index in [4.69, 9.17) is 0 Å². The number of hydrogen-bond acceptors (Lipinski definition) is 5. The van der Waals surface area contributed by atoms with E-state index < -0.39 is 5.91 Å². The SMILES string of the molecule is CC(C)c1nn(CC(=O)Nc2ncccn2)c(=O)c2ccc(Br)cc12. The number of benzene rings is 1. The van der Waals surface area contributed by atoms with Gasteiger partial charge in [0, 0.05) is 22.3 Å². The van der Waals surface area contributed by atoms with Gasteiger partial charge in [0.05, 0.1) is 11.1 Å². The van der Waals surface area contributed by atoms with Gasteiger partial charge in [-0.2, -0.15) is 5.10 Å². The first-order valence-corrected chi connectivity index (χ1v) is 8.52. The molecular formula is C17H16BrN5O2. The van der Waals surface area contributed by atoms with Crippen molar-refractivity contribution in [3.8, 4) is 0 Å². The minimum Gasteiger partial charge on any atom is -0.293 e. The lowest BCUT2D eigenvalue weighted by Gasteiger charge is -2.13. The van der Waals surface area contributed by atoms with E-state index >= 15 is 0 Å². The van der Waals surface area contributed by atoms with Gasteiger partial charge in [0.1, 0.15) is 6.54 Å². The standard InChI is InChI=1S/C17H16BrN5O2/c1-10(2)15-13-8-11(18)4-5-12(13)16(25)23(22-15)9-14(24)21-17-19-6-3-7-20-17/h3-8,10H,9H2,1-2H3,(H,19,20,21,24). The monoisotopic (exact) mass is 401 g/mol. The summed E-state index contributed by atoms with van der Waals surface area (Å²) in [6, 6.07) is 7.07. The van der Waals surface area contributed by atoms with Gasteiger partial charge in [0.15, 0.2) is 0 Å². The number of fused-ring (bicyclic) bond motifs is 1. The maximum atomic E-state index is 12.7. The average molecular weight is 402 g/mol. The molecule has 0 atom stereocenters. The van der Waals surface area contributed by atoms with Crippen LogP contribution in [-0.2, 0) is 11.3 Å². The normalized spacial score (nSPS) is 11.0. The Labute approximate surface area is 152 Å². The Kier molecular flexibility index (Phi) is 4.89. The molecule has 3 aromatic rings. The molecule has 1 aromatic carbocycles. The van der Waals surface area contributed by atoms with Gasteiger partial charge in [0.2, 0.25) is 11.9 Å². The third-order valence-electron chi connectivity index (χ3n) is 3.61. The number of amides is 1. The fourth-order valence-electron chi connectivity index (χ4n) is 2.48. The van der Waals surface area contributed by atoms with Crippen LogP contribution < -0.4 is 10.9 Å². The summed E-state index contributed by atoms with van der Waals surface area (Å²) in [7, 11) is 0. The number of nitrogens with zero attached hydrogens (tertiary/aromatic N) is 4. The number of aromatic nitrogens is 4. The summed E-state index contributed by atoms with van der Waals surface area (Å²) in [5.41, 5.74) is 0.454. The van der Waals surface area contributed by atoms with Crippen LogP contribution in [0.4, 0.5) is 5.95 Å². The van der Waals surface area contributed by atoms with E-state index in [1.807, 2.05) is 19.9 Å². The Hall–Kier alpha value is -2.61. The van der Waals surface area contributed by atoms with Gasteiger partial charge in [-0.15, -0.1) is 0 Å². The van der Waals surface area contributed by atoms with Gasteiger partial charge in [-0.05, 0) is 30.2 Å². The molecule has 8 heteroatoms. The van der Waals surface area contributed by atoms with Gasteiger partial charge in [0.25, 0.3) is 5.56 Å². The lowest BCUT2D eigenvalue weighted by molar-refractivity contribution is -0.117. The lowest BCUT2D eigenvalue weighted by Crippen LogP contribution is -2.31. The summed E-state index contributed by atoms with van der Waals surface area (Å²) in [6.45, 7) is 3.79. The van der Waals surface area contributed by atoms with Crippen molar-refractivity contribution in [3.05, 3.63) is 57.2 Å². The van der Waals surface area contributed by atoms with Crippen LogP contribution in [0.1, 0.15) is 25.5 Å². The summed E-state index contributed by atoms with van der Waals surface area (Å²) in [5.74, 6) is -0.120. The molecule has 0 aliphatic rings. The van der Waals surface area contributed by atoms with Gasteiger partial charge in [-0.3, -0.25) is 14.9 Å². The van der Waals surface area contributed by atoms with Crippen LogP contribution in [-0.4, -0.2) is 25.7 Å². The number of anilines is 1. The molecule has 0 spiro atoms. The minimum atomic E-state index is -0.410. The van der Waals surface area contributed by atoms with Crippen LogP contribution in [0.5, 0.6) is 0 Å². The molecule has 2 aromatic heterocycles. The van der Waals surface area contributed by atoms with E-state index in [0.717, 1.165) is 15.6 Å². The van der Waals surface area contributed by atoms with Crippen molar-refractivity contribution in [3.63, 3.8) is 0 Å². The lowest BCUT2D eigenvalue weighted by atomic mass is 10.0. The van der Waals surface area contributed by atoms with Crippen LogP contribution in [0.25, 0.3) is 10.8 Å². The number of hydrogen-bond donors (Lipinski definition) is 1. The fourth-order valence-corrected chi connectivity index (χ4v) is 2.84. The molecule has 0 unspecified atom stereocenters. The third-order valence-corrected chi connectivity index (χ3v) is 4.10. The van der Waals surface area contributed by atoms with E-state index in [1.165, 1.54) is 17.1 Å². The van der Waals surface area contributed by atoms with Crippen molar-refractivity contribution in [2.75, 3.05) is 5.32 Å². The highest BCUT2D eigenvalue weighted by Gasteiger charge is 2.15. The zero-order valence-corrected chi connectivity index (χ0v) is 15.3. The Morgan fingerprint density at radius 2 is 1.96 bits per heavy atom. The number of rotatable bonds is 4. The van der Waals surface area contributed by atoms with E-state index in [0.29, 0.717) is 5.39 Å². The fraction of sp³-hybridized carbons (Fsp3) is 0.235. The molecular weight excluding hydrogens is 386 g/mol. The third kappa shape index (κ3) is 3.74. The van der Waals surface area contributed by atoms with Gasteiger partial charge < -0.3 is 0 Å². The van der Waals surface area contributed by atoms with Crippen molar-refractivity contribution < 1.29 is 4.79 Å².